The van der Waals surface area contributed by atoms with Crippen LogP contribution in [0.5, 0.6) is 0 Å². The molecule has 5 nitrogen and oxygen atoms in total. The molecule has 3 heterocycles. The molecule has 138 valence electrons. The SMILES string of the molecule is c1ccc(C(c2ccccc2)N2CCn3c(nnc3-c3ccncc3)C2)cc1. The summed E-state index contributed by atoms with van der Waals surface area (Å²) < 4.78 is 2.24. The molecule has 5 rings (SSSR count). The number of aromatic nitrogens is 4. The topological polar surface area (TPSA) is 46.8 Å². The molecule has 0 unspecified atom stereocenters. The summed E-state index contributed by atoms with van der Waals surface area (Å²) in [7, 11) is 0. The summed E-state index contributed by atoms with van der Waals surface area (Å²) in [6, 6.07) is 25.6. The summed E-state index contributed by atoms with van der Waals surface area (Å²) in [5.41, 5.74) is 3.66. The zero-order chi connectivity index (χ0) is 18.8. The second-order valence-electron chi connectivity index (χ2n) is 7.02. The second-order valence-corrected chi connectivity index (χ2v) is 7.02. The molecule has 1 aliphatic heterocycles. The van der Waals surface area contributed by atoms with Gasteiger partial charge in [-0.1, -0.05) is 60.7 Å². The van der Waals surface area contributed by atoms with Crippen LogP contribution in [0.2, 0.25) is 0 Å². The first-order valence-corrected chi connectivity index (χ1v) is 9.56. The summed E-state index contributed by atoms with van der Waals surface area (Å²) in [6.07, 6.45) is 3.60. The van der Waals surface area contributed by atoms with Crippen LogP contribution >= 0.6 is 0 Å². The molecule has 4 aromatic rings. The van der Waals surface area contributed by atoms with Crippen molar-refractivity contribution in [2.75, 3.05) is 6.54 Å². The Kier molecular flexibility index (Phi) is 4.43. The molecular weight excluding hydrogens is 346 g/mol. The third-order valence-electron chi connectivity index (χ3n) is 5.32. The molecule has 2 aromatic heterocycles. The van der Waals surface area contributed by atoms with Gasteiger partial charge in [0.1, 0.15) is 5.82 Å². The lowest BCUT2D eigenvalue weighted by Gasteiger charge is -2.35. The summed E-state index contributed by atoms with van der Waals surface area (Å²) >= 11 is 0. The number of benzene rings is 2. The van der Waals surface area contributed by atoms with Gasteiger partial charge in [0, 0.05) is 31.0 Å². The fraction of sp³-hybridized carbons (Fsp3) is 0.174. The fourth-order valence-corrected chi connectivity index (χ4v) is 4.00. The van der Waals surface area contributed by atoms with Crippen LogP contribution in [0.15, 0.2) is 85.2 Å². The molecular formula is C23H21N5. The minimum atomic E-state index is 0.206. The van der Waals surface area contributed by atoms with Gasteiger partial charge in [0.25, 0.3) is 0 Å². The van der Waals surface area contributed by atoms with E-state index in [-0.39, 0.29) is 6.04 Å². The summed E-state index contributed by atoms with van der Waals surface area (Å²) in [6.45, 7) is 2.58. The molecule has 0 saturated heterocycles. The molecule has 5 heteroatoms. The maximum atomic E-state index is 4.50. The molecule has 0 saturated carbocycles. The Bertz CT molecular complexity index is 1000. The van der Waals surface area contributed by atoms with Gasteiger partial charge in [0.2, 0.25) is 0 Å². The molecule has 0 atom stereocenters. The van der Waals surface area contributed by atoms with Crippen LogP contribution in [0, 0.1) is 0 Å². The summed E-state index contributed by atoms with van der Waals surface area (Å²) in [5, 5.41) is 8.97. The van der Waals surface area contributed by atoms with Crippen molar-refractivity contribution in [1.29, 1.82) is 0 Å². The van der Waals surface area contributed by atoms with E-state index in [1.807, 2.05) is 12.1 Å². The first-order chi connectivity index (χ1) is 13.9. The fourth-order valence-electron chi connectivity index (χ4n) is 4.00. The zero-order valence-electron chi connectivity index (χ0n) is 15.5. The van der Waals surface area contributed by atoms with Gasteiger partial charge in [-0.3, -0.25) is 9.88 Å². The van der Waals surface area contributed by atoms with Crippen molar-refractivity contribution in [3.8, 4) is 11.4 Å². The van der Waals surface area contributed by atoms with Crippen LogP contribution in [0.1, 0.15) is 23.0 Å². The summed E-state index contributed by atoms with van der Waals surface area (Å²) in [5.74, 6) is 1.93. The second kappa shape index (κ2) is 7.37. The highest BCUT2D eigenvalue weighted by Gasteiger charge is 2.28. The third kappa shape index (κ3) is 3.10. The first-order valence-electron chi connectivity index (χ1n) is 9.56. The van der Waals surface area contributed by atoms with Crippen molar-refractivity contribution >= 4 is 0 Å². The standard InChI is InChI=1S/C23H21N5/c1-3-7-18(8-4-1)22(19-9-5-2-6-10-19)27-15-16-28-21(17-27)25-26-23(28)20-11-13-24-14-12-20/h1-14,22H,15-17H2. The Morgan fingerprint density at radius 3 is 2.00 bits per heavy atom. The van der Waals surface area contributed by atoms with E-state index in [2.05, 4.69) is 85.3 Å². The predicted octanol–water partition coefficient (Wildman–Crippen LogP) is 3.95. The monoisotopic (exact) mass is 367 g/mol. The Morgan fingerprint density at radius 2 is 1.36 bits per heavy atom. The number of hydrogen-bond acceptors (Lipinski definition) is 4. The van der Waals surface area contributed by atoms with Crippen molar-refractivity contribution in [1.82, 2.24) is 24.6 Å². The van der Waals surface area contributed by atoms with Gasteiger partial charge in [-0.2, -0.15) is 0 Å². The minimum Gasteiger partial charge on any atom is -0.309 e. The van der Waals surface area contributed by atoms with Gasteiger partial charge in [-0.25, -0.2) is 0 Å². The molecule has 0 spiro atoms. The Hall–Kier alpha value is -3.31. The van der Waals surface area contributed by atoms with Crippen LogP contribution in [-0.4, -0.2) is 31.2 Å². The number of pyridine rings is 1. The average Bonchev–Trinajstić information content (AvgIpc) is 3.19. The summed E-state index contributed by atoms with van der Waals surface area (Å²) in [4.78, 5) is 6.60. The zero-order valence-corrected chi connectivity index (χ0v) is 15.5. The van der Waals surface area contributed by atoms with Gasteiger partial charge in [0.05, 0.1) is 12.6 Å². The van der Waals surface area contributed by atoms with E-state index in [0.29, 0.717) is 0 Å². The van der Waals surface area contributed by atoms with E-state index < -0.39 is 0 Å². The third-order valence-corrected chi connectivity index (χ3v) is 5.32. The maximum absolute atomic E-state index is 4.50. The largest absolute Gasteiger partial charge is 0.309 e. The molecule has 2 aromatic carbocycles. The van der Waals surface area contributed by atoms with Crippen molar-refractivity contribution in [3.05, 3.63) is 102 Å². The van der Waals surface area contributed by atoms with E-state index in [0.717, 1.165) is 36.8 Å². The number of rotatable bonds is 4. The lowest BCUT2D eigenvalue weighted by atomic mass is 9.96. The smallest absolute Gasteiger partial charge is 0.164 e. The highest BCUT2D eigenvalue weighted by molar-refractivity contribution is 5.54. The lowest BCUT2D eigenvalue weighted by molar-refractivity contribution is 0.176. The van der Waals surface area contributed by atoms with E-state index in [1.54, 1.807) is 12.4 Å². The van der Waals surface area contributed by atoms with Gasteiger partial charge >= 0.3 is 0 Å². The van der Waals surface area contributed by atoms with E-state index >= 15 is 0 Å². The average molecular weight is 367 g/mol. The molecule has 0 fully saturated rings. The molecule has 1 aliphatic rings. The Morgan fingerprint density at radius 1 is 0.714 bits per heavy atom. The van der Waals surface area contributed by atoms with Crippen LogP contribution in [0.4, 0.5) is 0 Å². The van der Waals surface area contributed by atoms with Crippen molar-refractivity contribution in [2.24, 2.45) is 0 Å². The molecule has 0 bridgehead atoms. The van der Waals surface area contributed by atoms with Crippen LogP contribution in [0.3, 0.4) is 0 Å². The van der Waals surface area contributed by atoms with Crippen molar-refractivity contribution < 1.29 is 0 Å². The molecule has 0 amide bonds. The molecule has 0 N–H and O–H groups in total. The number of fused-ring (bicyclic) bond motifs is 1. The van der Waals surface area contributed by atoms with Gasteiger partial charge in [-0.05, 0) is 23.3 Å². The molecule has 0 radical (unpaired) electrons. The van der Waals surface area contributed by atoms with E-state index in [4.69, 9.17) is 0 Å². The Labute approximate surface area is 164 Å². The molecule has 0 aliphatic carbocycles. The number of nitrogens with zero attached hydrogens (tertiary/aromatic N) is 5. The maximum Gasteiger partial charge on any atom is 0.164 e. The lowest BCUT2D eigenvalue weighted by Crippen LogP contribution is -2.37. The number of hydrogen-bond donors (Lipinski definition) is 0. The van der Waals surface area contributed by atoms with Gasteiger partial charge < -0.3 is 4.57 Å². The quantitative estimate of drug-likeness (QED) is 0.548. The highest BCUT2D eigenvalue weighted by atomic mass is 15.3. The first kappa shape index (κ1) is 16.8. The van der Waals surface area contributed by atoms with Crippen LogP contribution in [0.25, 0.3) is 11.4 Å². The van der Waals surface area contributed by atoms with E-state index in [1.165, 1.54) is 11.1 Å². The predicted molar refractivity (Wildman–Crippen MR) is 108 cm³/mol. The Balaban J connectivity index is 1.49. The van der Waals surface area contributed by atoms with Gasteiger partial charge in [0.15, 0.2) is 5.82 Å². The normalized spacial score (nSPS) is 14.2. The van der Waals surface area contributed by atoms with Crippen LogP contribution in [-0.2, 0) is 13.1 Å². The van der Waals surface area contributed by atoms with Crippen molar-refractivity contribution in [3.63, 3.8) is 0 Å². The molecule has 28 heavy (non-hydrogen) atoms. The van der Waals surface area contributed by atoms with Gasteiger partial charge in [-0.15, -0.1) is 10.2 Å². The minimum absolute atomic E-state index is 0.206. The van der Waals surface area contributed by atoms with Crippen molar-refractivity contribution in [2.45, 2.75) is 19.1 Å². The highest BCUT2D eigenvalue weighted by Crippen LogP contribution is 2.32. The van der Waals surface area contributed by atoms with Crippen LogP contribution < -0.4 is 0 Å². The van der Waals surface area contributed by atoms with E-state index in [9.17, 15) is 0 Å².